The number of nitrogens with one attached hydrogen (secondary N) is 1. The molecule has 0 radical (unpaired) electrons. The van der Waals surface area contributed by atoms with E-state index in [1.807, 2.05) is 42.5 Å². The van der Waals surface area contributed by atoms with Gasteiger partial charge >= 0.3 is 0 Å². The van der Waals surface area contributed by atoms with Gasteiger partial charge in [0.1, 0.15) is 5.75 Å². The molecule has 2 heterocycles. The number of hydrogen-bond donors (Lipinski definition) is 1. The van der Waals surface area contributed by atoms with Crippen molar-refractivity contribution in [3.05, 3.63) is 72.1 Å². The molecule has 3 aromatic rings. The van der Waals surface area contributed by atoms with Crippen LogP contribution in [0.2, 0.25) is 0 Å². The SMILES string of the molecule is CN1CCNCC1CC=Cc1ccc(-c2nnc(CSCCOc3ccccc3)o2)cc1. The van der Waals surface area contributed by atoms with Gasteiger partial charge in [0.2, 0.25) is 11.8 Å². The second-order valence-electron chi connectivity index (χ2n) is 7.81. The maximum atomic E-state index is 5.83. The molecule has 1 saturated heterocycles. The molecule has 0 spiro atoms. The van der Waals surface area contributed by atoms with Crippen molar-refractivity contribution in [3.8, 4) is 17.2 Å². The Kier molecular flexibility index (Phi) is 8.36. The molecule has 0 saturated carbocycles. The number of hydrogen-bond acceptors (Lipinski definition) is 7. The van der Waals surface area contributed by atoms with Crippen molar-refractivity contribution in [1.29, 1.82) is 0 Å². The number of aromatic nitrogens is 2. The zero-order valence-electron chi connectivity index (χ0n) is 18.4. The van der Waals surface area contributed by atoms with Crippen LogP contribution in [0.1, 0.15) is 17.9 Å². The molecule has 2 aromatic carbocycles. The predicted octanol–water partition coefficient (Wildman–Crippen LogP) is 4.36. The van der Waals surface area contributed by atoms with E-state index in [0.717, 1.165) is 43.1 Å². The Balaban J connectivity index is 1.21. The fourth-order valence-corrected chi connectivity index (χ4v) is 4.18. The highest BCUT2D eigenvalue weighted by atomic mass is 32.2. The van der Waals surface area contributed by atoms with E-state index in [1.54, 1.807) is 11.8 Å². The molecule has 7 heteroatoms. The molecule has 168 valence electrons. The molecule has 1 N–H and O–H groups in total. The first-order valence-electron chi connectivity index (χ1n) is 11.0. The van der Waals surface area contributed by atoms with Crippen LogP contribution in [-0.2, 0) is 5.75 Å². The van der Waals surface area contributed by atoms with E-state index in [4.69, 9.17) is 9.15 Å². The van der Waals surface area contributed by atoms with Crippen LogP contribution in [0.4, 0.5) is 0 Å². The average molecular weight is 451 g/mol. The Morgan fingerprint density at radius 2 is 2.00 bits per heavy atom. The number of ether oxygens (including phenoxy) is 1. The summed E-state index contributed by atoms with van der Waals surface area (Å²) in [6.07, 6.45) is 5.48. The van der Waals surface area contributed by atoms with Gasteiger partial charge < -0.3 is 19.4 Å². The zero-order valence-corrected chi connectivity index (χ0v) is 19.3. The molecule has 0 amide bonds. The van der Waals surface area contributed by atoms with Crippen molar-refractivity contribution in [2.24, 2.45) is 0 Å². The van der Waals surface area contributed by atoms with Gasteiger partial charge in [0.15, 0.2) is 0 Å². The van der Waals surface area contributed by atoms with Gasteiger partial charge in [0, 0.05) is 37.0 Å². The van der Waals surface area contributed by atoms with Crippen LogP contribution >= 0.6 is 11.8 Å². The molecule has 1 aliphatic heterocycles. The summed E-state index contributed by atoms with van der Waals surface area (Å²) in [5.41, 5.74) is 2.11. The molecule has 0 bridgehead atoms. The number of benzene rings is 2. The van der Waals surface area contributed by atoms with E-state index < -0.39 is 0 Å². The summed E-state index contributed by atoms with van der Waals surface area (Å²) in [6, 6.07) is 18.7. The Morgan fingerprint density at radius 3 is 2.81 bits per heavy atom. The van der Waals surface area contributed by atoms with Crippen molar-refractivity contribution < 1.29 is 9.15 Å². The Labute approximate surface area is 194 Å². The third-order valence-electron chi connectivity index (χ3n) is 5.45. The standard InChI is InChI=1S/C25H30N4O2S/c1-29-15-14-26-18-22(29)7-5-6-20-10-12-21(13-11-20)25-28-27-24(31-25)19-32-17-16-30-23-8-3-2-4-9-23/h2-6,8-13,22,26H,7,14-19H2,1H3. The Bertz CT molecular complexity index is 975. The lowest BCUT2D eigenvalue weighted by atomic mass is 10.1. The monoisotopic (exact) mass is 450 g/mol. The minimum absolute atomic E-state index is 0.562. The first-order valence-corrected chi connectivity index (χ1v) is 12.2. The lowest BCUT2D eigenvalue weighted by Gasteiger charge is -2.32. The smallest absolute Gasteiger partial charge is 0.247 e. The summed E-state index contributed by atoms with van der Waals surface area (Å²) < 4.78 is 11.5. The van der Waals surface area contributed by atoms with Gasteiger partial charge in [-0.3, -0.25) is 0 Å². The summed E-state index contributed by atoms with van der Waals surface area (Å²) in [4.78, 5) is 2.42. The first-order chi connectivity index (χ1) is 15.8. The summed E-state index contributed by atoms with van der Waals surface area (Å²) >= 11 is 1.72. The first kappa shape index (κ1) is 22.6. The van der Waals surface area contributed by atoms with E-state index in [9.17, 15) is 0 Å². The summed E-state index contributed by atoms with van der Waals surface area (Å²) in [7, 11) is 2.20. The summed E-state index contributed by atoms with van der Waals surface area (Å²) in [5.74, 6) is 3.63. The van der Waals surface area contributed by atoms with Gasteiger partial charge in [-0.05, 0) is 43.3 Å². The van der Waals surface area contributed by atoms with Crippen molar-refractivity contribution in [1.82, 2.24) is 20.4 Å². The normalized spacial score (nSPS) is 17.1. The zero-order chi connectivity index (χ0) is 22.0. The third kappa shape index (κ3) is 6.69. The van der Waals surface area contributed by atoms with Crippen LogP contribution in [-0.4, -0.2) is 60.2 Å². The largest absolute Gasteiger partial charge is 0.493 e. The highest BCUT2D eigenvalue weighted by Crippen LogP contribution is 2.21. The fourth-order valence-electron chi connectivity index (χ4n) is 3.55. The van der Waals surface area contributed by atoms with Crippen molar-refractivity contribution in [3.63, 3.8) is 0 Å². The van der Waals surface area contributed by atoms with E-state index in [1.165, 1.54) is 5.56 Å². The van der Waals surface area contributed by atoms with Gasteiger partial charge in [-0.1, -0.05) is 42.5 Å². The van der Waals surface area contributed by atoms with Crippen molar-refractivity contribution in [2.45, 2.75) is 18.2 Å². The molecule has 1 atom stereocenters. The number of thioether (sulfide) groups is 1. The number of piperazine rings is 1. The summed E-state index contributed by atoms with van der Waals surface area (Å²) in [6.45, 7) is 3.89. The van der Waals surface area contributed by atoms with Crippen LogP contribution in [0.25, 0.3) is 17.5 Å². The molecule has 1 fully saturated rings. The molecule has 1 unspecified atom stereocenters. The minimum Gasteiger partial charge on any atom is -0.493 e. The Hall–Kier alpha value is -2.61. The van der Waals surface area contributed by atoms with E-state index in [2.05, 4.69) is 51.7 Å². The van der Waals surface area contributed by atoms with Crippen LogP contribution in [0.15, 0.2) is 65.1 Å². The molecular formula is C25H30N4O2S. The van der Waals surface area contributed by atoms with Gasteiger partial charge in [-0.25, -0.2) is 0 Å². The highest BCUT2D eigenvalue weighted by Gasteiger charge is 2.16. The quantitative estimate of drug-likeness (QED) is 0.461. The van der Waals surface area contributed by atoms with Crippen LogP contribution in [0.5, 0.6) is 5.75 Å². The fraction of sp³-hybridized carbons (Fsp3) is 0.360. The molecule has 1 aromatic heterocycles. The van der Waals surface area contributed by atoms with Gasteiger partial charge in [0.25, 0.3) is 0 Å². The predicted molar refractivity (Wildman–Crippen MR) is 131 cm³/mol. The second-order valence-corrected chi connectivity index (χ2v) is 8.92. The number of rotatable bonds is 10. The molecular weight excluding hydrogens is 420 g/mol. The van der Waals surface area contributed by atoms with Crippen LogP contribution in [0.3, 0.4) is 0 Å². The van der Waals surface area contributed by atoms with Crippen molar-refractivity contribution >= 4 is 17.8 Å². The third-order valence-corrected chi connectivity index (χ3v) is 6.36. The van der Waals surface area contributed by atoms with E-state index >= 15 is 0 Å². The molecule has 6 nitrogen and oxygen atoms in total. The topological polar surface area (TPSA) is 63.4 Å². The van der Waals surface area contributed by atoms with Crippen molar-refractivity contribution in [2.75, 3.05) is 39.0 Å². The van der Waals surface area contributed by atoms with E-state index in [0.29, 0.717) is 30.2 Å². The molecule has 1 aliphatic rings. The van der Waals surface area contributed by atoms with Gasteiger partial charge in [0.05, 0.1) is 12.4 Å². The van der Waals surface area contributed by atoms with Gasteiger partial charge in [-0.15, -0.1) is 22.0 Å². The minimum atomic E-state index is 0.562. The lowest BCUT2D eigenvalue weighted by molar-refractivity contribution is 0.202. The maximum absolute atomic E-state index is 5.83. The summed E-state index contributed by atoms with van der Waals surface area (Å²) in [5, 5.41) is 11.8. The number of likely N-dealkylation sites (N-methyl/N-ethyl adjacent to an activating group) is 1. The lowest BCUT2D eigenvalue weighted by Crippen LogP contribution is -2.48. The number of nitrogens with zero attached hydrogens (tertiary/aromatic N) is 3. The molecule has 32 heavy (non-hydrogen) atoms. The number of para-hydroxylation sites is 1. The second kappa shape index (κ2) is 11.9. The van der Waals surface area contributed by atoms with E-state index in [-0.39, 0.29) is 0 Å². The Morgan fingerprint density at radius 1 is 1.16 bits per heavy atom. The average Bonchev–Trinajstić information content (AvgIpc) is 3.30. The van der Waals surface area contributed by atoms with Crippen LogP contribution < -0.4 is 10.1 Å². The molecule has 4 rings (SSSR count). The van der Waals surface area contributed by atoms with Crippen LogP contribution in [0, 0.1) is 0 Å². The molecule has 0 aliphatic carbocycles. The maximum Gasteiger partial charge on any atom is 0.247 e. The highest BCUT2D eigenvalue weighted by molar-refractivity contribution is 7.98. The van der Waals surface area contributed by atoms with Gasteiger partial charge in [-0.2, -0.15) is 0 Å².